The van der Waals surface area contributed by atoms with E-state index in [1.807, 2.05) is 13.8 Å². The van der Waals surface area contributed by atoms with Gasteiger partial charge in [0.05, 0.1) is 12.7 Å². The number of nitrogens with one attached hydrogen (secondary N) is 1. The summed E-state index contributed by atoms with van der Waals surface area (Å²) < 4.78 is 6.17. The van der Waals surface area contributed by atoms with Gasteiger partial charge in [-0.3, -0.25) is 10.1 Å². The Balaban J connectivity index is 2.02. The molecule has 0 heterocycles. The van der Waals surface area contributed by atoms with Crippen LogP contribution in [0.3, 0.4) is 0 Å². The highest BCUT2D eigenvalue weighted by molar-refractivity contribution is 5.80. The highest BCUT2D eigenvalue weighted by Gasteiger charge is 2.52. The Bertz CT molecular complexity index is 354. The number of carboxylic acid groups (broad SMARTS) is 1. The Morgan fingerprint density at radius 1 is 1.29 bits per heavy atom. The van der Waals surface area contributed by atoms with Crippen molar-refractivity contribution in [3.63, 3.8) is 0 Å². The number of carboxylic acids is 1. The zero-order valence-electron chi connectivity index (χ0n) is 13.7. The van der Waals surface area contributed by atoms with Crippen molar-refractivity contribution in [2.75, 3.05) is 6.61 Å². The Morgan fingerprint density at radius 3 is 2.48 bits per heavy atom. The van der Waals surface area contributed by atoms with Gasteiger partial charge in [0.1, 0.15) is 5.54 Å². The van der Waals surface area contributed by atoms with Crippen LogP contribution < -0.4 is 5.32 Å². The SMILES string of the molecule is CCC1CCCCC1OCC(NC(C)C)(C(=O)O)C1CC1. The van der Waals surface area contributed by atoms with E-state index in [2.05, 4.69) is 12.2 Å². The van der Waals surface area contributed by atoms with Crippen molar-refractivity contribution in [1.82, 2.24) is 5.32 Å². The van der Waals surface area contributed by atoms with E-state index >= 15 is 0 Å². The monoisotopic (exact) mass is 297 g/mol. The van der Waals surface area contributed by atoms with E-state index < -0.39 is 11.5 Å². The molecular formula is C17H31NO3. The Labute approximate surface area is 128 Å². The quantitative estimate of drug-likeness (QED) is 0.722. The first kappa shape index (κ1) is 16.8. The molecule has 4 heteroatoms. The zero-order chi connectivity index (χ0) is 15.5. The third-order valence-corrected chi connectivity index (χ3v) is 5.09. The van der Waals surface area contributed by atoms with Crippen molar-refractivity contribution < 1.29 is 14.6 Å². The van der Waals surface area contributed by atoms with E-state index in [-0.39, 0.29) is 18.1 Å². The highest BCUT2D eigenvalue weighted by Crippen LogP contribution is 2.41. The summed E-state index contributed by atoms with van der Waals surface area (Å²) in [7, 11) is 0. The van der Waals surface area contributed by atoms with Crippen LogP contribution in [-0.4, -0.2) is 35.4 Å². The second-order valence-electron chi connectivity index (χ2n) is 7.15. The minimum absolute atomic E-state index is 0.152. The Hall–Kier alpha value is -0.610. The molecule has 3 unspecified atom stereocenters. The first-order valence-corrected chi connectivity index (χ1v) is 8.62. The van der Waals surface area contributed by atoms with Gasteiger partial charge in [-0.2, -0.15) is 0 Å². The molecule has 2 aliphatic rings. The zero-order valence-corrected chi connectivity index (χ0v) is 13.7. The summed E-state index contributed by atoms with van der Waals surface area (Å²) >= 11 is 0. The fraction of sp³-hybridized carbons (Fsp3) is 0.941. The number of aliphatic carboxylic acids is 1. The molecule has 3 atom stereocenters. The molecule has 0 amide bonds. The Kier molecular flexibility index (Phi) is 5.67. The van der Waals surface area contributed by atoms with Gasteiger partial charge in [-0.1, -0.05) is 26.2 Å². The van der Waals surface area contributed by atoms with Gasteiger partial charge in [-0.25, -0.2) is 0 Å². The average Bonchev–Trinajstić information content (AvgIpc) is 3.28. The molecule has 122 valence electrons. The van der Waals surface area contributed by atoms with E-state index in [0.29, 0.717) is 12.5 Å². The molecule has 2 aliphatic carbocycles. The van der Waals surface area contributed by atoms with Crippen molar-refractivity contribution in [1.29, 1.82) is 0 Å². The average molecular weight is 297 g/mol. The minimum Gasteiger partial charge on any atom is -0.480 e. The molecule has 2 saturated carbocycles. The summed E-state index contributed by atoms with van der Waals surface area (Å²) in [4.78, 5) is 11.9. The van der Waals surface area contributed by atoms with Gasteiger partial charge in [0.25, 0.3) is 0 Å². The van der Waals surface area contributed by atoms with Gasteiger partial charge in [-0.05, 0) is 51.4 Å². The van der Waals surface area contributed by atoms with Crippen molar-refractivity contribution in [2.45, 2.75) is 83.4 Å². The fourth-order valence-corrected chi connectivity index (χ4v) is 3.77. The summed E-state index contributed by atoms with van der Waals surface area (Å²) in [5.74, 6) is 0.0760. The van der Waals surface area contributed by atoms with E-state index in [4.69, 9.17) is 4.74 Å². The summed E-state index contributed by atoms with van der Waals surface area (Å²) in [6, 6.07) is 0.152. The number of hydrogen-bond donors (Lipinski definition) is 2. The fourth-order valence-electron chi connectivity index (χ4n) is 3.77. The first-order chi connectivity index (χ1) is 9.99. The maximum Gasteiger partial charge on any atom is 0.326 e. The van der Waals surface area contributed by atoms with E-state index in [9.17, 15) is 9.90 Å². The molecule has 0 saturated heterocycles. The largest absolute Gasteiger partial charge is 0.480 e. The van der Waals surface area contributed by atoms with Gasteiger partial charge in [0.2, 0.25) is 0 Å². The predicted molar refractivity (Wildman–Crippen MR) is 83.4 cm³/mol. The number of hydrogen-bond acceptors (Lipinski definition) is 3. The lowest BCUT2D eigenvalue weighted by molar-refractivity contribution is -0.152. The van der Waals surface area contributed by atoms with Crippen LogP contribution in [0.15, 0.2) is 0 Å². The lowest BCUT2D eigenvalue weighted by atomic mass is 9.84. The number of rotatable bonds is 8. The van der Waals surface area contributed by atoms with Crippen molar-refractivity contribution in [3.8, 4) is 0 Å². The molecule has 0 spiro atoms. The molecule has 2 fully saturated rings. The highest BCUT2D eigenvalue weighted by atomic mass is 16.5. The molecule has 0 bridgehead atoms. The second kappa shape index (κ2) is 7.10. The summed E-state index contributed by atoms with van der Waals surface area (Å²) in [6.45, 7) is 6.54. The van der Waals surface area contributed by atoms with E-state index in [1.165, 1.54) is 19.3 Å². The Morgan fingerprint density at radius 2 is 1.95 bits per heavy atom. The topological polar surface area (TPSA) is 58.6 Å². The number of ether oxygens (including phenoxy) is 1. The molecule has 0 radical (unpaired) electrons. The van der Waals surface area contributed by atoms with Crippen LogP contribution in [0.1, 0.15) is 65.7 Å². The molecule has 0 aromatic rings. The van der Waals surface area contributed by atoms with Crippen LogP contribution in [0, 0.1) is 11.8 Å². The van der Waals surface area contributed by atoms with Crippen LogP contribution in [0.25, 0.3) is 0 Å². The minimum atomic E-state index is -0.885. The predicted octanol–water partition coefficient (Wildman–Crippen LogP) is 3.20. The summed E-state index contributed by atoms with van der Waals surface area (Å²) in [5, 5.41) is 13.1. The maximum atomic E-state index is 11.9. The molecule has 2 rings (SSSR count). The molecule has 0 aromatic heterocycles. The lowest BCUT2D eigenvalue weighted by Crippen LogP contribution is -2.60. The third-order valence-electron chi connectivity index (χ3n) is 5.09. The molecule has 2 N–H and O–H groups in total. The maximum absolute atomic E-state index is 11.9. The van der Waals surface area contributed by atoms with Crippen LogP contribution >= 0.6 is 0 Å². The van der Waals surface area contributed by atoms with Crippen molar-refractivity contribution in [2.24, 2.45) is 11.8 Å². The lowest BCUT2D eigenvalue weighted by Gasteiger charge is -2.37. The summed E-state index contributed by atoms with van der Waals surface area (Å²) in [6.07, 6.45) is 8.18. The molecule has 0 aliphatic heterocycles. The third kappa shape index (κ3) is 3.98. The van der Waals surface area contributed by atoms with Crippen LogP contribution in [0.5, 0.6) is 0 Å². The molecule has 0 aromatic carbocycles. The smallest absolute Gasteiger partial charge is 0.326 e. The molecule has 4 nitrogen and oxygen atoms in total. The van der Waals surface area contributed by atoms with Gasteiger partial charge in [0.15, 0.2) is 0 Å². The van der Waals surface area contributed by atoms with E-state index in [0.717, 1.165) is 25.7 Å². The van der Waals surface area contributed by atoms with Crippen LogP contribution in [-0.2, 0) is 9.53 Å². The first-order valence-electron chi connectivity index (χ1n) is 8.62. The van der Waals surface area contributed by atoms with Crippen LogP contribution in [0.4, 0.5) is 0 Å². The normalized spacial score (nSPS) is 29.3. The molecule has 21 heavy (non-hydrogen) atoms. The van der Waals surface area contributed by atoms with Gasteiger partial charge in [-0.15, -0.1) is 0 Å². The summed E-state index contributed by atoms with van der Waals surface area (Å²) in [5.41, 5.74) is -0.885. The van der Waals surface area contributed by atoms with Crippen molar-refractivity contribution >= 4 is 5.97 Å². The number of carbonyl (C=O) groups is 1. The van der Waals surface area contributed by atoms with Gasteiger partial charge >= 0.3 is 5.97 Å². The molecular weight excluding hydrogens is 266 g/mol. The standard InChI is InChI=1S/C17H31NO3/c1-4-13-7-5-6-8-15(13)21-11-17(16(19)20,14-9-10-14)18-12(2)3/h12-15,18H,4-11H2,1-3H3,(H,19,20). The van der Waals surface area contributed by atoms with Crippen molar-refractivity contribution in [3.05, 3.63) is 0 Å². The van der Waals surface area contributed by atoms with Crippen LogP contribution in [0.2, 0.25) is 0 Å². The second-order valence-corrected chi connectivity index (χ2v) is 7.15. The van der Waals surface area contributed by atoms with Gasteiger partial charge in [0, 0.05) is 6.04 Å². The van der Waals surface area contributed by atoms with Gasteiger partial charge < -0.3 is 9.84 Å². The van der Waals surface area contributed by atoms with E-state index in [1.54, 1.807) is 0 Å².